The maximum Gasteiger partial charge on any atom is 0.304 e. The van der Waals surface area contributed by atoms with E-state index in [1.54, 1.807) is 11.3 Å². The van der Waals surface area contributed by atoms with Gasteiger partial charge in [-0.3, -0.25) is 4.79 Å². The number of benzene rings is 1. The standard InChI is InChI=1S/C13H9ClO2S/c14-10-3-1-2-7-9(6-11(15)16)8-4-5-17-13(8)12(7)10/h1-5,9H,6H2,(H,15,16). The van der Waals surface area contributed by atoms with Gasteiger partial charge in [0.05, 0.1) is 6.42 Å². The number of halogens is 1. The zero-order valence-corrected chi connectivity index (χ0v) is 10.4. The number of rotatable bonds is 2. The van der Waals surface area contributed by atoms with Crippen molar-refractivity contribution in [2.45, 2.75) is 12.3 Å². The summed E-state index contributed by atoms with van der Waals surface area (Å²) >= 11 is 7.84. The van der Waals surface area contributed by atoms with Gasteiger partial charge < -0.3 is 5.11 Å². The van der Waals surface area contributed by atoms with Crippen LogP contribution in [0.25, 0.3) is 10.4 Å². The van der Waals surface area contributed by atoms with E-state index < -0.39 is 5.97 Å². The van der Waals surface area contributed by atoms with E-state index >= 15 is 0 Å². The first-order valence-corrected chi connectivity index (χ1v) is 6.52. The number of fused-ring (bicyclic) bond motifs is 3. The van der Waals surface area contributed by atoms with Crippen molar-refractivity contribution in [2.24, 2.45) is 0 Å². The fourth-order valence-corrected chi connectivity index (χ4v) is 3.80. The highest BCUT2D eigenvalue weighted by Crippen LogP contribution is 2.51. The fraction of sp³-hybridized carbons (Fsp3) is 0.154. The number of aliphatic carboxylic acids is 1. The third kappa shape index (κ3) is 1.58. The van der Waals surface area contributed by atoms with Crippen molar-refractivity contribution in [1.82, 2.24) is 0 Å². The van der Waals surface area contributed by atoms with Crippen LogP contribution in [0.5, 0.6) is 0 Å². The molecule has 0 saturated heterocycles. The number of hydrogen-bond acceptors (Lipinski definition) is 2. The first kappa shape index (κ1) is 10.8. The average Bonchev–Trinajstić information content (AvgIpc) is 2.82. The van der Waals surface area contributed by atoms with E-state index in [1.807, 2.05) is 29.6 Å². The zero-order valence-electron chi connectivity index (χ0n) is 8.81. The second kappa shape index (κ2) is 3.86. The predicted octanol–water partition coefficient (Wildman–Crippen LogP) is 3.99. The highest BCUT2D eigenvalue weighted by Gasteiger charge is 2.32. The van der Waals surface area contributed by atoms with E-state index in [-0.39, 0.29) is 12.3 Å². The second-order valence-corrected chi connectivity index (χ2v) is 5.38. The van der Waals surface area contributed by atoms with Crippen LogP contribution in [0.1, 0.15) is 23.5 Å². The molecular formula is C13H9ClO2S. The van der Waals surface area contributed by atoms with Crippen LogP contribution in [-0.2, 0) is 4.79 Å². The minimum absolute atomic E-state index is 0.0533. The summed E-state index contributed by atoms with van der Waals surface area (Å²) in [4.78, 5) is 12.1. The summed E-state index contributed by atoms with van der Waals surface area (Å²) in [5.41, 5.74) is 3.16. The lowest BCUT2D eigenvalue weighted by Crippen LogP contribution is -2.04. The minimum Gasteiger partial charge on any atom is -0.481 e. The molecule has 86 valence electrons. The maximum atomic E-state index is 11.0. The van der Waals surface area contributed by atoms with Crippen LogP contribution in [0.15, 0.2) is 29.6 Å². The van der Waals surface area contributed by atoms with E-state index in [1.165, 1.54) is 0 Å². The van der Waals surface area contributed by atoms with Crippen molar-refractivity contribution in [3.8, 4) is 10.4 Å². The Balaban J connectivity index is 2.22. The van der Waals surface area contributed by atoms with Gasteiger partial charge in [0.1, 0.15) is 0 Å². The van der Waals surface area contributed by atoms with Gasteiger partial charge in [0.2, 0.25) is 0 Å². The molecule has 0 amide bonds. The molecule has 1 aliphatic rings. The van der Waals surface area contributed by atoms with Crippen molar-refractivity contribution < 1.29 is 9.90 Å². The van der Waals surface area contributed by atoms with E-state index in [9.17, 15) is 4.79 Å². The molecule has 0 fully saturated rings. The van der Waals surface area contributed by atoms with Crippen molar-refractivity contribution in [3.05, 3.63) is 45.8 Å². The molecule has 4 heteroatoms. The predicted molar refractivity (Wildman–Crippen MR) is 68.9 cm³/mol. The largest absolute Gasteiger partial charge is 0.481 e. The molecular weight excluding hydrogens is 256 g/mol. The number of carbonyl (C=O) groups is 1. The Morgan fingerprint density at radius 3 is 2.94 bits per heavy atom. The van der Waals surface area contributed by atoms with Gasteiger partial charge in [-0.25, -0.2) is 0 Å². The normalized spacial score (nSPS) is 16.6. The monoisotopic (exact) mass is 264 g/mol. The van der Waals surface area contributed by atoms with E-state index in [4.69, 9.17) is 16.7 Å². The van der Waals surface area contributed by atoms with Crippen LogP contribution in [0.2, 0.25) is 5.02 Å². The highest BCUT2D eigenvalue weighted by atomic mass is 35.5. The van der Waals surface area contributed by atoms with Gasteiger partial charge in [-0.1, -0.05) is 23.7 Å². The summed E-state index contributed by atoms with van der Waals surface area (Å²) in [5, 5.41) is 11.7. The third-order valence-corrected chi connectivity index (χ3v) is 4.36. The van der Waals surface area contributed by atoms with Crippen molar-refractivity contribution in [3.63, 3.8) is 0 Å². The average molecular weight is 265 g/mol. The van der Waals surface area contributed by atoms with Gasteiger partial charge in [-0.15, -0.1) is 11.3 Å². The highest BCUT2D eigenvalue weighted by molar-refractivity contribution is 7.14. The van der Waals surface area contributed by atoms with Gasteiger partial charge in [0.25, 0.3) is 0 Å². The van der Waals surface area contributed by atoms with Crippen molar-refractivity contribution in [2.75, 3.05) is 0 Å². The van der Waals surface area contributed by atoms with Gasteiger partial charge in [0.15, 0.2) is 0 Å². The maximum absolute atomic E-state index is 11.0. The first-order chi connectivity index (χ1) is 8.18. The van der Waals surface area contributed by atoms with E-state index in [0.29, 0.717) is 5.02 Å². The van der Waals surface area contributed by atoms with Crippen LogP contribution >= 0.6 is 22.9 Å². The Morgan fingerprint density at radius 2 is 2.18 bits per heavy atom. The SMILES string of the molecule is O=C(O)CC1c2ccsc2-c2c(Cl)cccc21. The number of carboxylic acid groups (broad SMARTS) is 1. The number of carboxylic acids is 1. The van der Waals surface area contributed by atoms with Gasteiger partial charge in [-0.05, 0) is 28.6 Å². The Hall–Kier alpha value is -1.32. The van der Waals surface area contributed by atoms with Crippen LogP contribution < -0.4 is 0 Å². The molecule has 2 aromatic rings. The van der Waals surface area contributed by atoms with Crippen LogP contribution in [0.4, 0.5) is 0 Å². The summed E-state index contributed by atoms with van der Waals surface area (Å²) in [7, 11) is 0. The second-order valence-electron chi connectivity index (χ2n) is 4.06. The molecule has 1 N–H and O–H groups in total. The minimum atomic E-state index is -0.778. The fourth-order valence-electron chi connectivity index (χ4n) is 2.43. The summed E-state index contributed by atoms with van der Waals surface area (Å²) in [5.74, 6) is -0.831. The topological polar surface area (TPSA) is 37.3 Å². The summed E-state index contributed by atoms with van der Waals surface area (Å²) in [6.45, 7) is 0. The lowest BCUT2D eigenvalue weighted by Gasteiger charge is -2.09. The lowest BCUT2D eigenvalue weighted by molar-refractivity contribution is -0.137. The molecule has 0 spiro atoms. The molecule has 3 rings (SSSR count). The van der Waals surface area contributed by atoms with Gasteiger partial charge in [-0.2, -0.15) is 0 Å². The molecule has 1 aromatic carbocycles. The van der Waals surface area contributed by atoms with E-state index in [2.05, 4.69) is 0 Å². The summed E-state index contributed by atoms with van der Waals surface area (Å²) in [6, 6.07) is 7.71. The molecule has 17 heavy (non-hydrogen) atoms. The van der Waals surface area contributed by atoms with Crippen LogP contribution in [0, 0.1) is 0 Å². The third-order valence-electron chi connectivity index (χ3n) is 3.10. The lowest BCUT2D eigenvalue weighted by atomic mass is 9.94. The summed E-state index contributed by atoms with van der Waals surface area (Å²) in [6.07, 6.45) is 0.122. The molecule has 0 saturated carbocycles. The van der Waals surface area contributed by atoms with Crippen molar-refractivity contribution >= 4 is 28.9 Å². The number of thiophene rings is 1. The van der Waals surface area contributed by atoms with Crippen LogP contribution in [0.3, 0.4) is 0 Å². The van der Waals surface area contributed by atoms with Crippen molar-refractivity contribution in [1.29, 1.82) is 0 Å². The zero-order chi connectivity index (χ0) is 12.0. The molecule has 0 radical (unpaired) electrons. The van der Waals surface area contributed by atoms with E-state index in [0.717, 1.165) is 21.6 Å². The Bertz CT molecular complexity index is 603. The summed E-state index contributed by atoms with van der Waals surface area (Å²) < 4.78 is 0. The first-order valence-electron chi connectivity index (χ1n) is 5.26. The Kier molecular flexibility index (Phi) is 2.45. The Morgan fingerprint density at radius 1 is 1.35 bits per heavy atom. The smallest absolute Gasteiger partial charge is 0.304 e. The molecule has 1 heterocycles. The molecule has 1 unspecified atom stereocenters. The Labute approximate surface area is 107 Å². The molecule has 1 aromatic heterocycles. The number of hydrogen-bond donors (Lipinski definition) is 1. The molecule has 1 aliphatic carbocycles. The molecule has 0 bridgehead atoms. The molecule has 2 nitrogen and oxygen atoms in total. The molecule has 1 atom stereocenters. The van der Waals surface area contributed by atoms with Gasteiger partial charge >= 0.3 is 5.97 Å². The van der Waals surface area contributed by atoms with Gasteiger partial charge in [0, 0.05) is 21.4 Å². The van der Waals surface area contributed by atoms with Crippen LogP contribution in [-0.4, -0.2) is 11.1 Å². The molecule has 0 aliphatic heterocycles. The quantitative estimate of drug-likeness (QED) is 0.891.